The Morgan fingerprint density at radius 3 is 2.54 bits per heavy atom. The summed E-state index contributed by atoms with van der Waals surface area (Å²) in [7, 11) is 0. The van der Waals surface area contributed by atoms with Crippen LogP contribution in [0.25, 0.3) is 22.6 Å². The highest BCUT2D eigenvalue weighted by Crippen LogP contribution is 2.31. The van der Waals surface area contributed by atoms with Crippen molar-refractivity contribution in [3.05, 3.63) is 84.2 Å². The molecule has 2 unspecified atom stereocenters. The van der Waals surface area contributed by atoms with Crippen LogP contribution in [0.5, 0.6) is 5.75 Å². The summed E-state index contributed by atoms with van der Waals surface area (Å²) >= 11 is 0. The number of benzene rings is 3. The highest BCUT2D eigenvalue weighted by molar-refractivity contribution is 5.79. The molecule has 3 aromatic carbocycles. The quantitative estimate of drug-likeness (QED) is 0.388. The summed E-state index contributed by atoms with van der Waals surface area (Å²) in [6.07, 6.45) is 0. The SMILES string of the molecule is CC1CN(C(=O)COc2ccccc2-c2nc3ccccc3o2)C(C)CN1Cc1ccc(F)cc1. The predicted octanol–water partition coefficient (Wildman–Crippen LogP) is 5.13. The zero-order valence-electron chi connectivity index (χ0n) is 19.9. The van der Waals surface area contributed by atoms with Gasteiger partial charge in [0.05, 0.1) is 5.56 Å². The summed E-state index contributed by atoms with van der Waals surface area (Å²) in [5.41, 5.74) is 3.25. The Hall–Kier alpha value is -3.71. The van der Waals surface area contributed by atoms with Gasteiger partial charge in [-0.2, -0.15) is 0 Å². The van der Waals surface area contributed by atoms with E-state index in [9.17, 15) is 9.18 Å². The molecule has 180 valence electrons. The molecule has 1 fully saturated rings. The average molecular weight is 474 g/mol. The van der Waals surface area contributed by atoms with Gasteiger partial charge in [-0.25, -0.2) is 9.37 Å². The predicted molar refractivity (Wildman–Crippen MR) is 132 cm³/mol. The molecule has 1 saturated heterocycles. The minimum atomic E-state index is -0.233. The summed E-state index contributed by atoms with van der Waals surface area (Å²) in [5.74, 6) is 0.732. The molecule has 0 N–H and O–H groups in total. The molecule has 1 amide bonds. The average Bonchev–Trinajstić information content (AvgIpc) is 3.30. The zero-order chi connectivity index (χ0) is 24.4. The number of hydrogen-bond acceptors (Lipinski definition) is 5. The van der Waals surface area contributed by atoms with Crippen molar-refractivity contribution < 1.29 is 18.3 Å². The van der Waals surface area contributed by atoms with Crippen molar-refractivity contribution in [2.45, 2.75) is 32.5 Å². The first-order chi connectivity index (χ1) is 17.0. The van der Waals surface area contributed by atoms with Gasteiger partial charge in [0.25, 0.3) is 5.91 Å². The number of ether oxygens (including phenoxy) is 1. The van der Waals surface area contributed by atoms with Crippen LogP contribution in [0.2, 0.25) is 0 Å². The number of rotatable bonds is 6. The van der Waals surface area contributed by atoms with Crippen molar-refractivity contribution in [1.82, 2.24) is 14.8 Å². The van der Waals surface area contributed by atoms with Gasteiger partial charge >= 0.3 is 0 Å². The fraction of sp³-hybridized carbons (Fsp3) is 0.286. The minimum Gasteiger partial charge on any atom is -0.483 e. The van der Waals surface area contributed by atoms with E-state index in [1.54, 1.807) is 0 Å². The van der Waals surface area contributed by atoms with E-state index in [1.807, 2.05) is 72.5 Å². The highest BCUT2D eigenvalue weighted by Gasteiger charge is 2.32. The molecule has 5 rings (SSSR count). The molecule has 0 radical (unpaired) electrons. The lowest BCUT2D eigenvalue weighted by Crippen LogP contribution is -2.58. The summed E-state index contributed by atoms with van der Waals surface area (Å²) < 4.78 is 25.1. The molecule has 4 aromatic rings. The van der Waals surface area contributed by atoms with Gasteiger partial charge < -0.3 is 14.1 Å². The number of para-hydroxylation sites is 3. The standard InChI is InChI=1S/C28H28FN3O3/c1-19-16-32(20(2)15-31(19)17-21-11-13-22(29)14-12-21)27(33)18-34-25-9-5-3-7-23(25)28-30-24-8-4-6-10-26(24)35-28/h3-14,19-20H,15-18H2,1-2H3. The van der Waals surface area contributed by atoms with Crippen LogP contribution in [-0.2, 0) is 11.3 Å². The maximum atomic E-state index is 13.2. The fourth-order valence-corrected chi connectivity index (χ4v) is 4.57. The first kappa shape index (κ1) is 23.1. The van der Waals surface area contributed by atoms with Gasteiger partial charge in [-0.3, -0.25) is 9.69 Å². The molecular weight excluding hydrogens is 445 g/mol. The smallest absolute Gasteiger partial charge is 0.260 e. The van der Waals surface area contributed by atoms with E-state index < -0.39 is 0 Å². The van der Waals surface area contributed by atoms with Gasteiger partial charge in [0, 0.05) is 31.7 Å². The van der Waals surface area contributed by atoms with Gasteiger partial charge in [-0.1, -0.05) is 36.4 Å². The van der Waals surface area contributed by atoms with Crippen molar-refractivity contribution in [3.63, 3.8) is 0 Å². The highest BCUT2D eigenvalue weighted by atomic mass is 19.1. The van der Waals surface area contributed by atoms with Crippen LogP contribution in [-0.4, -0.2) is 52.5 Å². The van der Waals surface area contributed by atoms with Crippen molar-refractivity contribution in [2.75, 3.05) is 19.7 Å². The molecule has 1 aliphatic heterocycles. The summed E-state index contributed by atoms with van der Waals surface area (Å²) in [5, 5.41) is 0. The molecule has 0 saturated carbocycles. The Bertz CT molecular complexity index is 1290. The Morgan fingerprint density at radius 2 is 1.74 bits per heavy atom. The van der Waals surface area contributed by atoms with Crippen molar-refractivity contribution in [1.29, 1.82) is 0 Å². The Balaban J connectivity index is 1.23. The van der Waals surface area contributed by atoms with E-state index in [4.69, 9.17) is 9.15 Å². The number of fused-ring (bicyclic) bond motifs is 1. The number of hydrogen-bond donors (Lipinski definition) is 0. The fourth-order valence-electron chi connectivity index (χ4n) is 4.57. The lowest BCUT2D eigenvalue weighted by Gasteiger charge is -2.44. The first-order valence-electron chi connectivity index (χ1n) is 11.8. The van der Waals surface area contributed by atoms with E-state index in [0.717, 1.165) is 24.2 Å². The number of carbonyl (C=O) groups excluding carboxylic acids is 1. The Labute approximate surface area is 203 Å². The molecule has 6 nitrogen and oxygen atoms in total. The number of halogens is 1. The molecule has 2 heterocycles. The van der Waals surface area contributed by atoms with Crippen molar-refractivity contribution in [2.24, 2.45) is 0 Å². The second-order valence-electron chi connectivity index (χ2n) is 9.07. The van der Waals surface area contributed by atoms with E-state index in [0.29, 0.717) is 29.3 Å². The minimum absolute atomic E-state index is 0.0371. The van der Waals surface area contributed by atoms with Crippen molar-refractivity contribution >= 4 is 17.0 Å². The Morgan fingerprint density at radius 1 is 1.00 bits per heavy atom. The van der Waals surface area contributed by atoms with Gasteiger partial charge in [0.1, 0.15) is 17.1 Å². The van der Waals surface area contributed by atoms with Crippen LogP contribution < -0.4 is 4.74 Å². The third kappa shape index (κ3) is 5.05. The second-order valence-corrected chi connectivity index (χ2v) is 9.07. The maximum absolute atomic E-state index is 13.2. The van der Waals surface area contributed by atoms with Gasteiger partial charge in [0.15, 0.2) is 12.2 Å². The molecule has 0 bridgehead atoms. The van der Waals surface area contributed by atoms with E-state index in [1.165, 1.54) is 12.1 Å². The number of carbonyl (C=O) groups is 1. The summed E-state index contributed by atoms with van der Waals surface area (Å²) in [6.45, 7) is 6.17. The second kappa shape index (κ2) is 9.88. The summed E-state index contributed by atoms with van der Waals surface area (Å²) in [4.78, 5) is 21.9. The lowest BCUT2D eigenvalue weighted by atomic mass is 10.1. The Kier molecular flexibility index (Phi) is 6.51. The molecular formula is C28H28FN3O3. The molecule has 2 atom stereocenters. The largest absolute Gasteiger partial charge is 0.483 e. The van der Waals surface area contributed by atoms with Crippen LogP contribution in [0.4, 0.5) is 4.39 Å². The number of amides is 1. The number of oxazole rings is 1. The van der Waals surface area contributed by atoms with Gasteiger partial charge in [0.2, 0.25) is 5.89 Å². The molecule has 35 heavy (non-hydrogen) atoms. The first-order valence-corrected chi connectivity index (χ1v) is 11.8. The maximum Gasteiger partial charge on any atom is 0.260 e. The summed E-state index contributed by atoms with van der Waals surface area (Å²) in [6, 6.07) is 21.9. The topological polar surface area (TPSA) is 58.8 Å². The lowest BCUT2D eigenvalue weighted by molar-refractivity contribution is -0.139. The van der Waals surface area contributed by atoms with Crippen molar-refractivity contribution in [3.8, 4) is 17.2 Å². The van der Waals surface area contributed by atoms with Crippen LogP contribution in [0, 0.1) is 5.82 Å². The zero-order valence-corrected chi connectivity index (χ0v) is 19.9. The van der Waals surface area contributed by atoms with Gasteiger partial charge in [-0.15, -0.1) is 0 Å². The molecule has 1 aromatic heterocycles. The van der Waals surface area contributed by atoms with Crippen LogP contribution in [0.3, 0.4) is 0 Å². The number of piperazine rings is 1. The normalized spacial score (nSPS) is 18.7. The van der Waals surface area contributed by atoms with E-state index >= 15 is 0 Å². The van der Waals surface area contributed by atoms with Crippen LogP contribution >= 0.6 is 0 Å². The van der Waals surface area contributed by atoms with Gasteiger partial charge in [-0.05, 0) is 55.8 Å². The van der Waals surface area contributed by atoms with E-state index in [2.05, 4.69) is 16.8 Å². The molecule has 1 aliphatic rings. The third-order valence-electron chi connectivity index (χ3n) is 6.50. The molecule has 7 heteroatoms. The molecule has 0 aliphatic carbocycles. The third-order valence-corrected chi connectivity index (χ3v) is 6.50. The van der Waals surface area contributed by atoms with Crippen LogP contribution in [0.1, 0.15) is 19.4 Å². The number of aromatic nitrogens is 1. The number of nitrogens with zero attached hydrogens (tertiary/aromatic N) is 3. The van der Waals surface area contributed by atoms with Crippen LogP contribution in [0.15, 0.2) is 77.2 Å². The van der Waals surface area contributed by atoms with E-state index in [-0.39, 0.29) is 30.4 Å². The monoisotopic (exact) mass is 473 g/mol. The molecule has 0 spiro atoms.